The van der Waals surface area contributed by atoms with E-state index >= 15 is 0 Å². The number of H-pyrrole nitrogens is 1. The van der Waals surface area contributed by atoms with Crippen molar-refractivity contribution < 1.29 is 4.79 Å². The molecule has 0 aliphatic carbocycles. The van der Waals surface area contributed by atoms with E-state index in [9.17, 15) is 9.59 Å². The summed E-state index contributed by atoms with van der Waals surface area (Å²) in [6.07, 6.45) is 1.09. The van der Waals surface area contributed by atoms with Crippen LogP contribution in [0, 0.1) is 4.77 Å². The number of nitrogens with zero attached hydrogens (tertiary/aromatic N) is 1. The molecule has 1 aliphatic heterocycles. The lowest BCUT2D eigenvalue weighted by Gasteiger charge is -2.24. The van der Waals surface area contributed by atoms with Crippen molar-refractivity contribution in [3.05, 3.63) is 26.6 Å². The number of rotatable bonds is 1. The van der Waals surface area contributed by atoms with Crippen LogP contribution in [0.4, 0.5) is 0 Å². The van der Waals surface area contributed by atoms with Gasteiger partial charge in [0.15, 0.2) is 4.77 Å². The van der Waals surface area contributed by atoms with Gasteiger partial charge in [-0.1, -0.05) is 0 Å². The maximum absolute atomic E-state index is 12.4. The van der Waals surface area contributed by atoms with Crippen LogP contribution in [0.2, 0.25) is 0 Å². The van der Waals surface area contributed by atoms with Crippen molar-refractivity contribution in [2.45, 2.75) is 18.9 Å². The lowest BCUT2D eigenvalue weighted by molar-refractivity contribution is -0.122. The van der Waals surface area contributed by atoms with Gasteiger partial charge >= 0.3 is 0 Å². The van der Waals surface area contributed by atoms with Gasteiger partial charge in [0.1, 0.15) is 4.70 Å². The number of aromatic amines is 1. The summed E-state index contributed by atoms with van der Waals surface area (Å²) in [5.41, 5.74) is 0.719. The molecule has 1 unspecified atom stereocenters. The number of amides is 1. The summed E-state index contributed by atoms with van der Waals surface area (Å²) >= 11 is 6.65. The molecule has 3 rings (SSSR count). The summed E-state index contributed by atoms with van der Waals surface area (Å²) in [4.78, 5) is 26.6. The van der Waals surface area contributed by atoms with Crippen LogP contribution in [0.5, 0.6) is 0 Å². The van der Waals surface area contributed by atoms with E-state index in [0.29, 0.717) is 28.9 Å². The van der Waals surface area contributed by atoms with Gasteiger partial charge in [0.2, 0.25) is 5.91 Å². The van der Waals surface area contributed by atoms with Crippen LogP contribution in [0.15, 0.2) is 16.2 Å². The van der Waals surface area contributed by atoms with Gasteiger partial charge in [0.05, 0.1) is 11.6 Å². The molecular weight excluding hydrogens is 270 g/mol. The molecule has 1 saturated heterocycles. The molecule has 1 amide bonds. The van der Waals surface area contributed by atoms with E-state index in [0.717, 1.165) is 5.52 Å². The van der Waals surface area contributed by atoms with E-state index in [1.807, 2.05) is 11.4 Å². The second-order valence-corrected chi connectivity index (χ2v) is 5.57. The number of hydrogen-bond acceptors (Lipinski definition) is 4. The van der Waals surface area contributed by atoms with Crippen LogP contribution in [-0.2, 0) is 4.79 Å². The molecule has 2 aromatic rings. The molecule has 3 heterocycles. The number of thiophene rings is 1. The Hall–Kier alpha value is -1.47. The molecule has 1 atom stereocenters. The maximum atomic E-state index is 12.4. The fraction of sp³-hybridized carbons (Fsp3) is 0.364. The van der Waals surface area contributed by atoms with Crippen molar-refractivity contribution in [2.24, 2.45) is 0 Å². The second kappa shape index (κ2) is 4.33. The number of fused-ring (bicyclic) bond motifs is 1. The monoisotopic (exact) mass is 281 g/mol. The average Bonchev–Trinajstić information content (AvgIpc) is 2.80. The van der Waals surface area contributed by atoms with Gasteiger partial charge in [0, 0.05) is 13.0 Å². The predicted molar refractivity (Wildman–Crippen MR) is 72.6 cm³/mol. The first-order valence-corrected chi connectivity index (χ1v) is 6.94. The molecule has 7 heteroatoms. The van der Waals surface area contributed by atoms with Crippen LogP contribution >= 0.6 is 23.6 Å². The van der Waals surface area contributed by atoms with Crippen LogP contribution in [0.25, 0.3) is 10.2 Å². The third kappa shape index (κ3) is 1.79. The fourth-order valence-corrected chi connectivity index (χ4v) is 3.35. The molecule has 18 heavy (non-hydrogen) atoms. The van der Waals surface area contributed by atoms with E-state index in [4.69, 9.17) is 12.2 Å². The lowest BCUT2D eigenvalue weighted by atomic mass is 10.1. The second-order valence-electron chi connectivity index (χ2n) is 4.27. The Bertz CT molecular complexity index is 718. The average molecular weight is 281 g/mol. The summed E-state index contributed by atoms with van der Waals surface area (Å²) in [7, 11) is 0. The summed E-state index contributed by atoms with van der Waals surface area (Å²) in [6, 6.07) is 1.80. The van der Waals surface area contributed by atoms with Gasteiger partial charge in [-0.25, -0.2) is 0 Å². The topological polar surface area (TPSA) is 66.9 Å². The van der Waals surface area contributed by atoms with E-state index in [1.165, 1.54) is 11.3 Å². The van der Waals surface area contributed by atoms with E-state index in [2.05, 4.69) is 10.3 Å². The molecule has 2 N–H and O–H groups in total. The van der Waals surface area contributed by atoms with Gasteiger partial charge < -0.3 is 10.3 Å². The molecule has 0 aromatic carbocycles. The zero-order chi connectivity index (χ0) is 12.7. The summed E-state index contributed by atoms with van der Waals surface area (Å²) in [6.45, 7) is 0.465. The molecule has 5 nitrogen and oxygen atoms in total. The summed E-state index contributed by atoms with van der Waals surface area (Å²) in [5.74, 6) is 0.0337. The molecule has 0 bridgehead atoms. The number of hydrogen-bond donors (Lipinski definition) is 2. The Kier molecular flexibility index (Phi) is 2.79. The zero-order valence-electron chi connectivity index (χ0n) is 9.43. The van der Waals surface area contributed by atoms with E-state index < -0.39 is 0 Å². The van der Waals surface area contributed by atoms with Crippen molar-refractivity contribution in [1.82, 2.24) is 14.9 Å². The van der Waals surface area contributed by atoms with Crippen LogP contribution < -0.4 is 10.9 Å². The minimum atomic E-state index is -0.0649. The molecule has 2 aromatic heterocycles. The highest BCUT2D eigenvalue weighted by molar-refractivity contribution is 7.71. The number of carbonyl (C=O) groups excluding carboxylic acids is 1. The van der Waals surface area contributed by atoms with E-state index in [1.54, 1.807) is 4.57 Å². The van der Waals surface area contributed by atoms with Crippen molar-refractivity contribution in [3.8, 4) is 0 Å². The fourth-order valence-electron chi connectivity index (χ4n) is 2.22. The molecule has 1 fully saturated rings. The minimum absolute atomic E-state index is 0.0337. The van der Waals surface area contributed by atoms with Gasteiger partial charge in [0.25, 0.3) is 5.56 Å². The Labute approximate surface area is 111 Å². The SMILES string of the molecule is O=C1CCC(n2c(=S)[nH]c3ccsc3c2=O)CN1. The first-order valence-electron chi connectivity index (χ1n) is 5.65. The van der Waals surface area contributed by atoms with Crippen LogP contribution in [0.1, 0.15) is 18.9 Å². The Morgan fingerprint density at radius 1 is 1.44 bits per heavy atom. The molecule has 0 saturated carbocycles. The predicted octanol–water partition coefficient (Wildman–Crippen LogP) is 1.57. The highest BCUT2D eigenvalue weighted by Gasteiger charge is 2.22. The van der Waals surface area contributed by atoms with Gasteiger partial charge in [-0.2, -0.15) is 0 Å². The number of carbonyl (C=O) groups is 1. The number of aromatic nitrogens is 2. The molecule has 0 radical (unpaired) electrons. The first-order chi connectivity index (χ1) is 8.66. The van der Waals surface area contributed by atoms with Gasteiger partial charge in [-0.15, -0.1) is 11.3 Å². The third-order valence-corrected chi connectivity index (χ3v) is 4.34. The molecule has 94 valence electrons. The van der Waals surface area contributed by atoms with Crippen LogP contribution in [0.3, 0.4) is 0 Å². The van der Waals surface area contributed by atoms with Crippen molar-refractivity contribution in [2.75, 3.05) is 6.54 Å². The normalized spacial score (nSPS) is 20.0. The Morgan fingerprint density at radius 2 is 2.28 bits per heavy atom. The number of nitrogens with one attached hydrogen (secondary N) is 2. The minimum Gasteiger partial charge on any atom is -0.354 e. The highest BCUT2D eigenvalue weighted by Crippen LogP contribution is 2.19. The maximum Gasteiger partial charge on any atom is 0.272 e. The third-order valence-electron chi connectivity index (χ3n) is 3.14. The van der Waals surface area contributed by atoms with Crippen LogP contribution in [-0.4, -0.2) is 22.0 Å². The smallest absolute Gasteiger partial charge is 0.272 e. The van der Waals surface area contributed by atoms with Crippen molar-refractivity contribution in [1.29, 1.82) is 0 Å². The van der Waals surface area contributed by atoms with E-state index in [-0.39, 0.29) is 17.5 Å². The quantitative estimate of drug-likeness (QED) is 0.780. The first kappa shape index (κ1) is 11.6. The molecule has 0 spiro atoms. The van der Waals surface area contributed by atoms with Gasteiger partial charge in [-0.05, 0) is 30.1 Å². The summed E-state index contributed by atoms with van der Waals surface area (Å²) < 4.78 is 2.70. The molecule has 1 aliphatic rings. The largest absolute Gasteiger partial charge is 0.354 e. The highest BCUT2D eigenvalue weighted by atomic mass is 32.1. The number of piperidine rings is 1. The lowest BCUT2D eigenvalue weighted by Crippen LogP contribution is -2.40. The zero-order valence-corrected chi connectivity index (χ0v) is 11.1. The van der Waals surface area contributed by atoms with Gasteiger partial charge in [-0.3, -0.25) is 14.2 Å². The summed E-state index contributed by atoms with van der Waals surface area (Å²) in [5, 5.41) is 4.64. The van der Waals surface area contributed by atoms with Crippen molar-refractivity contribution in [3.63, 3.8) is 0 Å². The Balaban J connectivity index is 2.14. The van der Waals surface area contributed by atoms with Crippen molar-refractivity contribution >= 4 is 39.7 Å². The Morgan fingerprint density at radius 3 is 3.00 bits per heavy atom. The standard InChI is InChI=1S/C11H11N3O2S2/c15-8-2-1-6(5-12-8)14-10(16)9-7(3-4-18-9)13-11(14)17/h3-4,6H,1-2,5H2,(H,12,15)(H,13,17). The molecular formula is C11H11N3O2S2.